The largest absolute Gasteiger partial charge is 0.448 e. The molecule has 1 fully saturated rings. The predicted octanol–water partition coefficient (Wildman–Crippen LogP) is 2.36. The molecule has 3 heteroatoms. The Balaban J connectivity index is 2.15. The molecule has 0 radical (unpaired) electrons. The van der Waals surface area contributed by atoms with Crippen molar-refractivity contribution >= 4 is 11.6 Å². The molecule has 1 aromatic rings. The monoisotopic (exact) mass is 171 g/mol. The first-order chi connectivity index (χ1) is 5.36. The highest BCUT2D eigenvalue weighted by atomic mass is 35.5. The molecule has 1 N–H and O–H groups in total. The summed E-state index contributed by atoms with van der Waals surface area (Å²) in [5, 5.41) is 3.81. The summed E-state index contributed by atoms with van der Waals surface area (Å²) in [6, 6.07) is 4.12. The van der Waals surface area contributed by atoms with E-state index in [2.05, 4.69) is 5.32 Å². The van der Waals surface area contributed by atoms with Crippen molar-refractivity contribution in [1.82, 2.24) is 5.32 Å². The van der Waals surface area contributed by atoms with Gasteiger partial charge in [0.15, 0.2) is 5.22 Å². The molecule has 1 aliphatic rings. The molecule has 0 spiro atoms. The van der Waals surface area contributed by atoms with Gasteiger partial charge < -0.3 is 9.73 Å². The van der Waals surface area contributed by atoms with Crippen LogP contribution in [0.2, 0.25) is 5.22 Å². The van der Waals surface area contributed by atoms with Crippen LogP contribution in [-0.2, 0) is 0 Å². The lowest BCUT2D eigenvalue weighted by atomic mass is 10.2. The second-order valence-corrected chi connectivity index (χ2v) is 3.16. The average molecular weight is 172 g/mol. The van der Waals surface area contributed by atoms with E-state index < -0.39 is 0 Å². The molecular weight excluding hydrogens is 162 g/mol. The van der Waals surface area contributed by atoms with Crippen molar-refractivity contribution in [2.45, 2.75) is 18.9 Å². The molecule has 0 amide bonds. The highest BCUT2D eigenvalue weighted by molar-refractivity contribution is 6.28. The summed E-state index contributed by atoms with van der Waals surface area (Å²) >= 11 is 5.64. The molecule has 0 saturated carbocycles. The smallest absolute Gasteiger partial charge is 0.193 e. The number of halogens is 1. The van der Waals surface area contributed by atoms with Crippen LogP contribution in [0, 0.1) is 0 Å². The Morgan fingerprint density at radius 2 is 2.45 bits per heavy atom. The number of furan rings is 1. The zero-order chi connectivity index (χ0) is 7.68. The van der Waals surface area contributed by atoms with E-state index in [1.165, 1.54) is 6.42 Å². The fraction of sp³-hybridized carbons (Fsp3) is 0.500. The Bertz CT molecular complexity index is 240. The van der Waals surface area contributed by atoms with Crippen molar-refractivity contribution in [2.24, 2.45) is 0 Å². The first-order valence-electron chi connectivity index (χ1n) is 3.85. The van der Waals surface area contributed by atoms with E-state index in [9.17, 15) is 0 Å². The molecule has 0 bridgehead atoms. The predicted molar refractivity (Wildman–Crippen MR) is 43.7 cm³/mol. The summed E-state index contributed by atoms with van der Waals surface area (Å²) in [7, 11) is 0. The van der Waals surface area contributed by atoms with Crippen LogP contribution in [-0.4, -0.2) is 6.54 Å². The van der Waals surface area contributed by atoms with Crippen LogP contribution in [0.25, 0.3) is 0 Å². The van der Waals surface area contributed by atoms with Gasteiger partial charge in [-0.3, -0.25) is 0 Å². The van der Waals surface area contributed by atoms with E-state index in [0.717, 1.165) is 18.7 Å². The Labute approximate surface area is 70.5 Å². The van der Waals surface area contributed by atoms with Crippen LogP contribution in [0.4, 0.5) is 0 Å². The lowest BCUT2D eigenvalue weighted by molar-refractivity contribution is 0.447. The summed E-state index contributed by atoms with van der Waals surface area (Å²) in [6.45, 7) is 1.09. The Morgan fingerprint density at radius 1 is 1.55 bits per heavy atom. The molecule has 0 aliphatic carbocycles. The minimum absolute atomic E-state index is 0.391. The molecule has 1 saturated heterocycles. The molecule has 2 heterocycles. The number of hydrogen-bond acceptors (Lipinski definition) is 2. The van der Waals surface area contributed by atoms with Gasteiger partial charge in [-0.1, -0.05) is 0 Å². The number of hydrogen-bond donors (Lipinski definition) is 1. The second kappa shape index (κ2) is 2.88. The van der Waals surface area contributed by atoms with Crippen LogP contribution in [0.15, 0.2) is 16.5 Å². The summed E-state index contributed by atoms with van der Waals surface area (Å²) in [4.78, 5) is 0. The van der Waals surface area contributed by atoms with Crippen LogP contribution < -0.4 is 5.32 Å². The molecule has 2 rings (SSSR count). The van der Waals surface area contributed by atoms with Gasteiger partial charge in [-0.25, -0.2) is 0 Å². The molecular formula is C8H10ClNO. The molecule has 1 aliphatic heterocycles. The fourth-order valence-electron chi connectivity index (χ4n) is 1.44. The van der Waals surface area contributed by atoms with Crippen molar-refractivity contribution in [3.05, 3.63) is 23.1 Å². The van der Waals surface area contributed by atoms with Crippen molar-refractivity contribution in [2.75, 3.05) is 6.54 Å². The Hall–Kier alpha value is -0.470. The summed E-state index contributed by atoms with van der Waals surface area (Å²) in [6.07, 6.45) is 2.38. The average Bonchev–Trinajstić information content (AvgIpc) is 2.55. The molecule has 1 atom stereocenters. The van der Waals surface area contributed by atoms with Gasteiger partial charge in [0.1, 0.15) is 5.76 Å². The highest BCUT2D eigenvalue weighted by Gasteiger charge is 2.18. The highest BCUT2D eigenvalue weighted by Crippen LogP contribution is 2.26. The van der Waals surface area contributed by atoms with E-state index in [1.54, 1.807) is 6.07 Å². The summed E-state index contributed by atoms with van der Waals surface area (Å²) < 4.78 is 5.27. The maximum Gasteiger partial charge on any atom is 0.193 e. The molecule has 1 aromatic heterocycles. The van der Waals surface area contributed by atoms with Crippen LogP contribution in [0.3, 0.4) is 0 Å². The molecule has 0 unspecified atom stereocenters. The van der Waals surface area contributed by atoms with Crippen LogP contribution in [0.5, 0.6) is 0 Å². The molecule has 60 valence electrons. The lowest BCUT2D eigenvalue weighted by Crippen LogP contribution is -2.11. The van der Waals surface area contributed by atoms with E-state index in [1.807, 2.05) is 6.07 Å². The standard InChI is InChI=1S/C8H10ClNO/c9-8-4-3-7(11-8)6-2-1-5-10-6/h3-4,6,10H,1-2,5H2/t6-/m1/s1. The first-order valence-corrected chi connectivity index (χ1v) is 4.23. The van der Waals surface area contributed by atoms with E-state index in [4.69, 9.17) is 16.0 Å². The zero-order valence-corrected chi connectivity index (χ0v) is 6.90. The molecule has 0 aromatic carbocycles. The minimum Gasteiger partial charge on any atom is -0.448 e. The van der Waals surface area contributed by atoms with E-state index >= 15 is 0 Å². The number of rotatable bonds is 1. The van der Waals surface area contributed by atoms with Crippen molar-refractivity contribution < 1.29 is 4.42 Å². The van der Waals surface area contributed by atoms with Gasteiger partial charge in [-0.2, -0.15) is 0 Å². The minimum atomic E-state index is 0.391. The maximum atomic E-state index is 5.64. The van der Waals surface area contributed by atoms with Gasteiger partial charge in [0.2, 0.25) is 0 Å². The van der Waals surface area contributed by atoms with Gasteiger partial charge >= 0.3 is 0 Å². The van der Waals surface area contributed by atoms with Gasteiger partial charge in [-0.15, -0.1) is 0 Å². The quantitative estimate of drug-likeness (QED) is 0.702. The third-order valence-electron chi connectivity index (χ3n) is 2.00. The topological polar surface area (TPSA) is 25.2 Å². The van der Waals surface area contributed by atoms with E-state index in [-0.39, 0.29) is 0 Å². The molecule has 11 heavy (non-hydrogen) atoms. The van der Waals surface area contributed by atoms with Gasteiger partial charge in [0.25, 0.3) is 0 Å². The van der Waals surface area contributed by atoms with Gasteiger partial charge in [0, 0.05) is 0 Å². The lowest BCUT2D eigenvalue weighted by Gasteiger charge is -2.04. The second-order valence-electron chi connectivity index (χ2n) is 2.79. The first kappa shape index (κ1) is 7.19. The maximum absolute atomic E-state index is 5.64. The summed E-state index contributed by atoms with van der Waals surface area (Å²) in [5.41, 5.74) is 0. The number of nitrogens with one attached hydrogen (secondary N) is 1. The van der Waals surface area contributed by atoms with Crippen molar-refractivity contribution in [1.29, 1.82) is 0 Å². The van der Waals surface area contributed by atoms with Gasteiger partial charge in [-0.05, 0) is 43.1 Å². The van der Waals surface area contributed by atoms with E-state index in [0.29, 0.717) is 11.3 Å². The zero-order valence-electron chi connectivity index (χ0n) is 6.14. The van der Waals surface area contributed by atoms with Crippen LogP contribution >= 0.6 is 11.6 Å². The van der Waals surface area contributed by atoms with Crippen molar-refractivity contribution in [3.8, 4) is 0 Å². The van der Waals surface area contributed by atoms with Crippen molar-refractivity contribution in [3.63, 3.8) is 0 Å². The normalized spacial score (nSPS) is 24.3. The third-order valence-corrected chi connectivity index (χ3v) is 2.20. The van der Waals surface area contributed by atoms with Gasteiger partial charge in [0.05, 0.1) is 6.04 Å². The Morgan fingerprint density at radius 3 is 3.00 bits per heavy atom. The SMILES string of the molecule is Clc1ccc([C@H]2CCCN2)o1. The third kappa shape index (κ3) is 1.42. The van der Waals surface area contributed by atoms with Crippen LogP contribution in [0.1, 0.15) is 24.6 Å². The fourth-order valence-corrected chi connectivity index (χ4v) is 1.60. The summed E-state index contributed by atoms with van der Waals surface area (Å²) in [5.74, 6) is 0.965. The molecule has 2 nitrogen and oxygen atoms in total. The Kier molecular flexibility index (Phi) is 1.88.